The minimum atomic E-state index is -3.67. The summed E-state index contributed by atoms with van der Waals surface area (Å²) in [5.74, 6) is 0. The van der Waals surface area contributed by atoms with Gasteiger partial charge in [0.25, 0.3) is 0 Å². The summed E-state index contributed by atoms with van der Waals surface area (Å²) >= 11 is 12.0. The van der Waals surface area contributed by atoms with Crippen molar-refractivity contribution in [2.75, 3.05) is 7.05 Å². The van der Waals surface area contributed by atoms with Crippen molar-refractivity contribution in [1.29, 1.82) is 5.26 Å². The normalized spacial score (nSPS) is 11.4. The van der Waals surface area contributed by atoms with E-state index >= 15 is 0 Å². The second-order valence-electron chi connectivity index (χ2n) is 4.61. The molecule has 0 fully saturated rings. The van der Waals surface area contributed by atoms with Crippen LogP contribution in [0.2, 0.25) is 10.0 Å². The summed E-state index contributed by atoms with van der Waals surface area (Å²) in [7, 11) is -2.21. The predicted molar refractivity (Wildman–Crippen MR) is 86.3 cm³/mol. The number of nitriles is 1. The van der Waals surface area contributed by atoms with Crippen LogP contribution in [0.1, 0.15) is 11.1 Å². The van der Waals surface area contributed by atoms with E-state index in [0.29, 0.717) is 21.2 Å². The molecule has 0 spiro atoms. The zero-order valence-electron chi connectivity index (χ0n) is 11.6. The van der Waals surface area contributed by atoms with Gasteiger partial charge in [0, 0.05) is 13.6 Å². The van der Waals surface area contributed by atoms with E-state index in [1.165, 1.54) is 35.6 Å². The number of nitrogens with zero attached hydrogens (tertiary/aromatic N) is 2. The Hall–Kier alpha value is -1.58. The molecule has 0 radical (unpaired) electrons. The van der Waals surface area contributed by atoms with Crippen molar-refractivity contribution in [3.05, 3.63) is 63.6 Å². The standard InChI is InChI=1S/C15H12Cl2N2O2S/c1-19(10-12-3-2-4-14(16)15(12)17)22(20,21)13-7-5-11(9-18)6-8-13/h2-8H,10H2,1H3. The third-order valence-electron chi connectivity index (χ3n) is 3.12. The van der Waals surface area contributed by atoms with Crippen molar-refractivity contribution in [2.45, 2.75) is 11.4 Å². The van der Waals surface area contributed by atoms with Crippen molar-refractivity contribution in [3.8, 4) is 6.07 Å². The van der Waals surface area contributed by atoms with Gasteiger partial charge in [0.05, 0.1) is 26.6 Å². The van der Waals surface area contributed by atoms with Gasteiger partial charge >= 0.3 is 0 Å². The van der Waals surface area contributed by atoms with Crippen LogP contribution in [0.5, 0.6) is 0 Å². The Morgan fingerprint density at radius 1 is 1.14 bits per heavy atom. The maximum absolute atomic E-state index is 12.5. The van der Waals surface area contributed by atoms with E-state index < -0.39 is 10.0 Å². The van der Waals surface area contributed by atoms with Crippen LogP contribution in [0.15, 0.2) is 47.4 Å². The van der Waals surface area contributed by atoms with E-state index in [9.17, 15) is 8.42 Å². The molecule has 0 aliphatic rings. The van der Waals surface area contributed by atoms with Gasteiger partial charge in [-0.05, 0) is 35.9 Å². The molecular weight excluding hydrogens is 343 g/mol. The van der Waals surface area contributed by atoms with Gasteiger partial charge in [0.1, 0.15) is 0 Å². The number of hydrogen-bond acceptors (Lipinski definition) is 3. The van der Waals surface area contributed by atoms with Crippen LogP contribution in [0.25, 0.3) is 0 Å². The van der Waals surface area contributed by atoms with Crippen LogP contribution in [0.3, 0.4) is 0 Å². The van der Waals surface area contributed by atoms with Crippen LogP contribution >= 0.6 is 23.2 Å². The zero-order chi connectivity index (χ0) is 16.3. The fraction of sp³-hybridized carbons (Fsp3) is 0.133. The minimum absolute atomic E-state index is 0.0989. The smallest absolute Gasteiger partial charge is 0.207 e. The Labute approximate surface area is 139 Å². The average molecular weight is 355 g/mol. The van der Waals surface area contributed by atoms with Crippen LogP contribution in [0, 0.1) is 11.3 Å². The van der Waals surface area contributed by atoms with Crippen molar-refractivity contribution in [3.63, 3.8) is 0 Å². The Balaban J connectivity index is 2.29. The molecule has 0 amide bonds. The molecule has 0 atom stereocenters. The Kier molecular flexibility index (Phi) is 5.09. The summed E-state index contributed by atoms with van der Waals surface area (Å²) in [6.45, 7) is 0.0989. The van der Waals surface area contributed by atoms with Gasteiger partial charge < -0.3 is 0 Å². The lowest BCUT2D eigenvalue weighted by Crippen LogP contribution is -2.26. The molecule has 22 heavy (non-hydrogen) atoms. The molecule has 0 aliphatic heterocycles. The Morgan fingerprint density at radius 2 is 1.77 bits per heavy atom. The highest BCUT2D eigenvalue weighted by Crippen LogP contribution is 2.27. The zero-order valence-corrected chi connectivity index (χ0v) is 14.0. The lowest BCUT2D eigenvalue weighted by Gasteiger charge is -2.18. The quantitative estimate of drug-likeness (QED) is 0.840. The van der Waals surface area contributed by atoms with Crippen LogP contribution in [0.4, 0.5) is 0 Å². The first-order valence-electron chi connectivity index (χ1n) is 6.25. The average Bonchev–Trinajstić information content (AvgIpc) is 2.51. The fourth-order valence-electron chi connectivity index (χ4n) is 1.88. The molecule has 114 valence electrons. The first-order valence-corrected chi connectivity index (χ1v) is 8.45. The Bertz CT molecular complexity index is 828. The first-order chi connectivity index (χ1) is 10.4. The van der Waals surface area contributed by atoms with E-state index in [0.717, 1.165) is 0 Å². The van der Waals surface area contributed by atoms with Gasteiger partial charge in [-0.15, -0.1) is 0 Å². The maximum atomic E-state index is 12.5. The number of rotatable bonds is 4. The van der Waals surface area contributed by atoms with Gasteiger partial charge in [0.2, 0.25) is 10.0 Å². The summed E-state index contributed by atoms with van der Waals surface area (Å²) in [5.41, 5.74) is 1.02. The van der Waals surface area contributed by atoms with Crippen molar-refractivity contribution in [1.82, 2.24) is 4.31 Å². The number of hydrogen-bond donors (Lipinski definition) is 0. The SMILES string of the molecule is CN(Cc1cccc(Cl)c1Cl)S(=O)(=O)c1ccc(C#N)cc1. The minimum Gasteiger partial charge on any atom is -0.207 e. The van der Waals surface area contributed by atoms with E-state index in [-0.39, 0.29) is 11.4 Å². The fourth-order valence-corrected chi connectivity index (χ4v) is 3.41. The molecule has 0 N–H and O–H groups in total. The maximum Gasteiger partial charge on any atom is 0.243 e. The lowest BCUT2D eigenvalue weighted by molar-refractivity contribution is 0.467. The Morgan fingerprint density at radius 3 is 2.36 bits per heavy atom. The van der Waals surface area contributed by atoms with Crippen LogP contribution < -0.4 is 0 Å². The predicted octanol–water partition coefficient (Wildman–Crippen LogP) is 3.69. The molecule has 0 unspecified atom stereocenters. The van der Waals surface area contributed by atoms with Crippen LogP contribution in [-0.2, 0) is 16.6 Å². The lowest BCUT2D eigenvalue weighted by atomic mass is 10.2. The van der Waals surface area contributed by atoms with E-state index in [2.05, 4.69) is 0 Å². The van der Waals surface area contributed by atoms with Gasteiger partial charge in [-0.2, -0.15) is 9.57 Å². The molecule has 0 saturated heterocycles. The van der Waals surface area contributed by atoms with E-state index in [4.69, 9.17) is 28.5 Å². The molecule has 0 heterocycles. The summed E-state index contributed by atoms with van der Waals surface area (Å²) in [5, 5.41) is 9.47. The largest absolute Gasteiger partial charge is 0.243 e. The molecule has 2 aromatic rings. The number of sulfonamides is 1. The highest BCUT2D eigenvalue weighted by atomic mass is 35.5. The molecule has 2 rings (SSSR count). The van der Waals surface area contributed by atoms with Crippen molar-refractivity contribution < 1.29 is 8.42 Å². The third-order valence-corrected chi connectivity index (χ3v) is 5.79. The second-order valence-corrected chi connectivity index (χ2v) is 7.44. The van der Waals surface area contributed by atoms with Gasteiger partial charge in [-0.25, -0.2) is 8.42 Å². The summed E-state index contributed by atoms with van der Waals surface area (Å²) < 4.78 is 26.2. The summed E-state index contributed by atoms with van der Waals surface area (Å²) in [6, 6.07) is 12.8. The van der Waals surface area contributed by atoms with Gasteiger partial charge in [-0.1, -0.05) is 35.3 Å². The second kappa shape index (κ2) is 6.67. The molecule has 0 aliphatic carbocycles. The van der Waals surface area contributed by atoms with E-state index in [1.54, 1.807) is 18.2 Å². The molecule has 0 aromatic heterocycles. The molecular formula is C15H12Cl2N2O2S. The number of benzene rings is 2. The highest BCUT2D eigenvalue weighted by Gasteiger charge is 2.21. The summed E-state index contributed by atoms with van der Waals surface area (Å²) in [6.07, 6.45) is 0. The molecule has 0 saturated carbocycles. The van der Waals surface area contributed by atoms with Gasteiger partial charge in [-0.3, -0.25) is 0 Å². The van der Waals surface area contributed by atoms with Crippen LogP contribution in [-0.4, -0.2) is 19.8 Å². The van der Waals surface area contributed by atoms with Gasteiger partial charge in [0.15, 0.2) is 0 Å². The first kappa shape index (κ1) is 16.8. The topological polar surface area (TPSA) is 61.2 Å². The number of halogens is 2. The van der Waals surface area contributed by atoms with E-state index in [1.807, 2.05) is 6.07 Å². The highest BCUT2D eigenvalue weighted by molar-refractivity contribution is 7.89. The molecule has 0 bridgehead atoms. The molecule has 4 nitrogen and oxygen atoms in total. The third kappa shape index (κ3) is 3.42. The van der Waals surface area contributed by atoms with Crippen molar-refractivity contribution >= 4 is 33.2 Å². The molecule has 2 aromatic carbocycles. The molecule has 7 heteroatoms. The monoisotopic (exact) mass is 354 g/mol. The van der Waals surface area contributed by atoms with Crippen molar-refractivity contribution in [2.24, 2.45) is 0 Å². The summed E-state index contributed by atoms with van der Waals surface area (Å²) in [4.78, 5) is 0.118.